The molecule has 1 aliphatic heterocycles. The van der Waals surface area contributed by atoms with Crippen LogP contribution in [0.5, 0.6) is 5.75 Å². The maximum absolute atomic E-state index is 13.6. The van der Waals surface area contributed by atoms with Crippen molar-refractivity contribution in [3.8, 4) is 5.75 Å². The molecule has 47 heavy (non-hydrogen) atoms. The topological polar surface area (TPSA) is 120 Å². The van der Waals surface area contributed by atoms with Crippen LogP contribution >= 0.6 is 0 Å². The number of para-hydroxylation sites is 1. The zero-order valence-electron chi connectivity index (χ0n) is 28.6. The first-order chi connectivity index (χ1) is 22.7. The van der Waals surface area contributed by atoms with Gasteiger partial charge in [-0.1, -0.05) is 87.4 Å². The van der Waals surface area contributed by atoms with E-state index in [-0.39, 0.29) is 30.6 Å². The van der Waals surface area contributed by atoms with E-state index in [0.29, 0.717) is 44.0 Å². The van der Waals surface area contributed by atoms with Crippen LogP contribution < -0.4 is 20.7 Å². The van der Waals surface area contributed by atoms with E-state index in [2.05, 4.69) is 16.0 Å². The number of carbonyl (C=O) groups excluding carboxylic acids is 4. The quantitative estimate of drug-likeness (QED) is 0.429. The predicted molar refractivity (Wildman–Crippen MR) is 185 cm³/mol. The fourth-order valence-electron chi connectivity index (χ4n) is 5.65. The van der Waals surface area contributed by atoms with Gasteiger partial charge in [-0.05, 0) is 51.1 Å². The Balaban J connectivity index is 1.79. The molecule has 0 aliphatic carbocycles. The van der Waals surface area contributed by atoms with Crippen molar-refractivity contribution in [1.29, 1.82) is 0 Å². The van der Waals surface area contributed by atoms with Crippen molar-refractivity contribution in [1.82, 2.24) is 25.8 Å². The van der Waals surface area contributed by atoms with E-state index in [0.717, 1.165) is 44.1 Å². The molecule has 1 heterocycles. The summed E-state index contributed by atoms with van der Waals surface area (Å²) in [5.74, 6) is -0.840. The van der Waals surface area contributed by atoms with Crippen molar-refractivity contribution in [2.45, 2.75) is 89.1 Å². The van der Waals surface area contributed by atoms with Crippen LogP contribution in [0.25, 0.3) is 0 Å². The lowest BCUT2D eigenvalue weighted by Gasteiger charge is -2.25. The van der Waals surface area contributed by atoms with Crippen LogP contribution in [-0.4, -0.2) is 92.9 Å². The molecule has 1 aliphatic rings. The van der Waals surface area contributed by atoms with E-state index in [1.807, 2.05) is 55.4 Å². The SMILES string of the molecule is CN(C)CCNC(=O)[C@@H]1CCC(=O)N[C@@H](Cc2ccccc2)C(=O)N(C)CCCCCCCCCCCOc2ccccc2C(=O)N1. The van der Waals surface area contributed by atoms with E-state index in [4.69, 9.17) is 4.74 Å². The highest BCUT2D eigenvalue weighted by Gasteiger charge is 2.27. The van der Waals surface area contributed by atoms with E-state index in [1.54, 1.807) is 30.1 Å². The summed E-state index contributed by atoms with van der Waals surface area (Å²) in [6.07, 6.45) is 10.1. The summed E-state index contributed by atoms with van der Waals surface area (Å²) in [6.45, 7) is 2.16. The van der Waals surface area contributed by atoms with Crippen LogP contribution in [-0.2, 0) is 20.8 Å². The van der Waals surface area contributed by atoms with Gasteiger partial charge in [-0.15, -0.1) is 0 Å². The van der Waals surface area contributed by atoms with Crippen molar-refractivity contribution in [2.24, 2.45) is 0 Å². The number of ether oxygens (including phenoxy) is 1. The summed E-state index contributed by atoms with van der Waals surface area (Å²) in [5.41, 5.74) is 1.29. The second-order valence-electron chi connectivity index (χ2n) is 12.8. The first-order valence-corrected chi connectivity index (χ1v) is 17.3. The number of amides is 4. The highest BCUT2D eigenvalue weighted by atomic mass is 16.5. The Morgan fingerprint density at radius 3 is 2.21 bits per heavy atom. The van der Waals surface area contributed by atoms with E-state index >= 15 is 0 Å². The monoisotopic (exact) mass is 649 g/mol. The molecule has 0 fully saturated rings. The van der Waals surface area contributed by atoms with Crippen LogP contribution in [0, 0.1) is 0 Å². The molecule has 3 rings (SSSR count). The molecule has 10 nitrogen and oxygen atoms in total. The fourth-order valence-corrected chi connectivity index (χ4v) is 5.65. The van der Waals surface area contributed by atoms with Crippen molar-refractivity contribution < 1.29 is 23.9 Å². The second-order valence-corrected chi connectivity index (χ2v) is 12.8. The van der Waals surface area contributed by atoms with E-state index < -0.39 is 18.0 Å². The molecule has 2 aromatic rings. The Labute approximate surface area is 281 Å². The Morgan fingerprint density at radius 2 is 1.51 bits per heavy atom. The Kier molecular flexibility index (Phi) is 16.8. The van der Waals surface area contributed by atoms with Crippen molar-refractivity contribution >= 4 is 23.6 Å². The van der Waals surface area contributed by atoms with Gasteiger partial charge in [-0.2, -0.15) is 0 Å². The molecule has 0 unspecified atom stereocenters. The largest absolute Gasteiger partial charge is 0.493 e. The lowest BCUT2D eigenvalue weighted by atomic mass is 10.0. The number of fused-ring (bicyclic) bond motifs is 1. The molecule has 0 spiro atoms. The van der Waals surface area contributed by atoms with Gasteiger partial charge in [0.15, 0.2) is 0 Å². The minimum atomic E-state index is -0.958. The lowest BCUT2D eigenvalue weighted by molar-refractivity contribution is -0.135. The summed E-state index contributed by atoms with van der Waals surface area (Å²) in [6, 6.07) is 14.9. The normalized spacial score (nSPS) is 20.3. The molecule has 3 N–H and O–H groups in total. The second kappa shape index (κ2) is 21.1. The minimum Gasteiger partial charge on any atom is -0.493 e. The first-order valence-electron chi connectivity index (χ1n) is 17.3. The molecule has 258 valence electrons. The Morgan fingerprint density at radius 1 is 0.872 bits per heavy atom. The molecule has 0 aromatic heterocycles. The Hall–Kier alpha value is -3.92. The number of nitrogens with one attached hydrogen (secondary N) is 3. The molecule has 0 saturated heterocycles. The summed E-state index contributed by atoms with van der Waals surface area (Å²) in [4.78, 5) is 57.4. The lowest BCUT2D eigenvalue weighted by Crippen LogP contribution is -2.50. The van der Waals surface area contributed by atoms with E-state index in [1.165, 1.54) is 19.3 Å². The minimum absolute atomic E-state index is 0.0491. The first kappa shape index (κ1) is 37.5. The number of carbonyl (C=O) groups is 4. The third-order valence-electron chi connectivity index (χ3n) is 8.46. The third kappa shape index (κ3) is 14.2. The average molecular weight is 650 g/mol. The number of nitrogens with zero attached hydrogens (tertiary/aromatic N) is 2. The van der Waals surface area contributed by atoms with Crippen molar-refractivity contribution in [3.63, 3.8) is 0 Å². The molecule has 10 heteroatoms. The summed E-state index contributed by atoms with van der Waals surface area (Å²) in [5, 5.41) is 8.67. The summed E-state index contributed by atoms with van der Waals surface area (Å²) in [7, 11) is 5.61. The maximum Gasteiger partial charge on any atom is 0.255 e. The maximum atomic E-state index is 13.6. The zero-order valence-corrected chi connectivity index (χ0v) is 28.6. The number of likely N-dealkylation sites (N-methyl/N-ethyl adjacent to an activating group) is 2. The van der Waals surface area contributed by atoms with Crippen LogP contribution in [0.2, 0.25) is 0 Å². The predicted octanol–water partition coefficient (Wildman–Crippen LogP) is 4.33. The summed E-state index contributed by atoms with van der Waals surface area (Å²) >= 11 is 0. The van der Waals surface area contributed by atoms with Crippen LogP contribution in [0.3, 0.4) is 0 Å². The molecular weight excluding hydrogens is 594 g/mol. The number of benzene rings is 2. The zero-order chi connectivity index (χ0) is 33.9. The highest BCUT2D eigenvalue weighted by Crippen LogP contribution is 2.19. The van der Waals surface area contributed by atoms with Gasteiger partial charge >= 0.3 is 0 Å². The van der Waals surface area contributed by atoms with Gasteiger partial charge in [0.05, 0.1) is 12.2 Å². The standard InChI is InChI=1S/C37H55N5O5/c1-41(2)26-24-38-36(45)31-22-23-34(43)39-32(28-29-18-12-11-13-19-29)37(46)42(3)25-16-9-7-5-4-6-8-10-17-27-47-33-21-15-14-20-30(33)35(44)40-31/h11-15,18-21,31-32H,4-10,16-17,22-28H2,1-3H3,(H,38,45)(H,39,43)(H,40,44)/t31-,32-/m0/s1. The molecule has 0 bridgehead atoms. The summed E-state index contributed by atoms with van der Waals surface area (Å²) < 4.78 is 6.01. The third-order valence-corrected chi connectivity index (χ3v) is 8.46. The fraction of sp³-hybridized carbons (Fsp3) is 0.568. The Bertz CT molecular complexity index is 1250. The van der Waals surface area contributed by atoms with Gasteiger partial charge in [-0.25, -0.2) is 0 Å². The van der Waals surface area contributed by atoms with E-state index in [9.17, 15) is 19.2 Å². The van der Waals surface area contributed by atoms with Gasteiger partial charge in [0.25, 0.3) is 5.91 Å². The highest BCUT2D eigenvalue weighted by molar-refractivity contribution is 5.99. The van der Waals surface area contributed by atoms with Crippen LogP contribution in [0.15, 0.2) is 54.6 Å². The van der Waals surface area contributed by atoms with Gasteiger partial charge in [0, 0.05) is 39.5 Å². The smallest absolute Gasteiger partial charge is 0.255 e. The number of hydrogen-bond donors (Lipinski definition) is 3. The molecule has 0 radical (unpaired) electrons. The van der Waals surface area contributed by atoms with Crippen LogP contribution in [0.1, 0.15) is 86.6 Å². The molecule has 2 aromatic carbocycles. The van der Waals surface area contributed by atoms with Gasteiger partial charge < -0.3 is 30.5 Å². The van der Waals surface area contributed by atoms with Gasteiger partial charge in [0.1, 0.15) is 17.8 Å². The van der Waals surface area contributed by atoms with Gasteiger partial charge in [0.2, 0.25) is 17.7 Å². The average Bonchev–Trinajstić information content (AvgIpc) is 3.06. The van der Waals surface area contributed by atoms with Gasteiger partial charge in [-0.3, -0.25) is 19.2 Å². The molecular formula is C37H55N5O5. The van der Waals surface area contributed by atoms with Crippen molar-refractivity contribution in [2.75, 3.05) is 47.4 Å². The van der Waals surface area contributed by atoms with Crippen molar-refractivity contribution in [3.05, 3.63) is 65.7 Å². The molecule has 4 amide bonds. The number of rotatable bonds is 6. The van der Waals surface area contributed by atoms with Crippen LogP contribution in [0.4, 0.5) is 0 Å². The molecule has 0 saturated carbocycles. The number of hydrogen-bond acceptors (Lipinski definition) is 6. The molecule has 2 atom stereocenters.